The van der Waals surface area contributed by atoms with E-state index in [-0.39, 0.29) is 23.7 Å². The van der Waals surface area contributed by atoms with Crippen LogP contribution in [0, 0.1) is 10.1 Å². The van der Waals surface area contributed by atoms with E-state index in [0.29, 0.717) is 10.0 Å². The number of carbonyl (C=O) groups excluding carboxylic acids is 1. The van der Waals surface area contributed by atoms with Crippen LogP contribution in [0.15, 0.2) is 22.7 Å². The number of piperidine rings is 1. The highest BCUT2D eigenvalue weighted by Crippen LogP contribution is 2.21. The number of hydrogen-bond donors (Lipinski definition) is 2. The van der Waals surface area contributed by atoms with Gasteiger partial charge in [-0.1, -0.05) is 15.9 Å². The number of non-ortho nitro benzene ring substituents is 1. The quantitative estimate of drug-likeness (QED) is 0.652. The summed E-state index contributed by atoms with van der Waals surface area (Å²) in [5.41, 5.74) is 0.197. The van der Waals surface area contributed by atoms with Gasteiger partial charge in [0.15, 0.2) is 0 Å². The third kappa shape index (κ3) is 3.55. The number of halogens is 1. The highest BCUT2D eigenvalue weighted by molar-refractivity contribution is 9.10. The maximum Gasteiger partial charge on any atom is 0.271 e. The fraction of sp³-hybridized carbons (Fsp3) is 0.462. The van der Waals surface area contributed by atoms with E-state index in [2.05, 4.69) is 26.6 Å². The van der Waals surface area contributed by atoms with Gasteiger partial charge in [-0.25, -0.2) is 0 Å². The van der Waals surface area contributed by atoms with Gasteiger partial charge in [0.05, 0.1) is 4.92 Å². The molecule has 1 aliphatic rings. The van der Waals surface area contributed by atoms with Crippen LogP contribution in [0.1, 0.15) is 30.1 Å². The van der Waals surface area contributed by atoms with Crippen molar-refractivity contribution in [3.63, 3.8) is 0 Å². The molecule has 1 aromatic carbocycles. The molecule has 2 unspecified atom stereocenters. The number of hydrogen-bond acceptors (Lipinski definition) is 4. The number of carbonyl (C=O) groups is 1. The molecule has 2 N–H and O–H groups in total. The largest absolute Gasteiger partial charge is 0.348 e. The number of nitrogens with one attached hydrogen (secondary N) is 2. The molecule has 2 atom stereocenters. The predicted octanol–water partition coefficient (Wildman–Crippen LogP) is 2.23. The lowest BCUT2D eigenvalue weighted by Gasteiger charge is -2.30. The molecule has 2 rings (SSSR count). The number of amides is 1. The van der Waals surface area contributed by atoms with Crippen molar-refractivity contribution in [1.29, 1.82) is 0 Å². The number of nitro groups is 1. The molecule has 0 aliphatic carbocycles. The molecule has 1 amide bonds. The zero-order valence-electron chi connectivity index (χ0n) is 11.1. The van der Waals surface area contributed by atoms with E-state index in [1.165, 1.54) is 12.1 Å². The van der Waals surface area contributed by atoms with Crippen molar-refractivity contribution < 1.29 is 9.72 Å². The molecule has 0 spiro atoms. The predicted molar refractivity (Wildman–Crippen MR) is 78.7 cm³/mol. The van der Waals surface area contributed by atoms with Gasteiger partial charge in [-0.2, -0.15) is 0 Å². The van der Waals surface area contributed by atoms with Crippen molar-refractivity contribution in [2.45, 2.75) is 31.8 Å². The highest BCUT2D eigenvalue weighted by atomic mass is 79.9. The number of rotatable bonds is 3. The second-order valence-corrected chi connectivity index (χ2v) is 5.84. The molecule has 20 heavy (non-hydrogen) atoms. The van der Waals surface area contributed by atoms with Gasteiger partial charge in [0.25, 0.3) is 11.6 Å². The smallest absolute Gasteiger partial charge is 0.271 e. The minimum atomic E-state index is -0.508. The fourth-order valence-corrected chi connectivity index (χ4v) is 2.78. The Bertz CT molecular complexity index is 536. The second-order valence-electron chi connectivity index (χ2n) is 4.92. The van der Waals surface area contributed by atoms with E-state index in [1.807, 2.05) is 6.92 Å². The SMILES string of the molecule is CC1NCCCC1NC(=O)c1cc(Br)cc([N+](=O)[O-])c1. The standard InChI is InChI=1S/C13H16BrN3O3/c1-8-12(3-2-4-15-8)16-13(18)9-5-10(14)7-11(6-9)17(19)20/h5-8,12,15H,2-4H2,1H3,(H,16,18). The maximum absolute atomic E-state index is 12.2. The summed E-state index contributed by atoms with van der Waals surface area (Å²) in [7, 11) is 0. The Kier molecular flexibility index (Phi) is 4.72. The van der Waals surface area contributed by atoms with Crippen molar-refractivity contribution in [2.75, 3.05) is 6.54 Å². The second kappa shape index (κ2) is 6.32. The Hall–Kier alpha value is -1.47. The first kappa shape index (κ1) is 14.9. The summed E-state index contributed by atoms with van der Waals surface area (Å²) >= 11 is 3.19. The zero-order chi connectivity index (χ0) is 14.7. The number of benzene rings is 1. The number of nitro benzene ring substituents is 1. The summed E-state index contributed by atoms with van der Waals surface area (Å²) in [6.45, 7) is 2.98. The van der Waals surface area contributed by atoms with Crippen LogP contribution >= 0.6 is 15.9 Å². The lowest BCUT2D eigenvalue weighted by molar-refractivity contribution is -0.385. The van der Waals surface area contributed by atoms with Gasteiger partial charge in [-0.3, -0.25) is 14.9 Å². The summed E-state index contributed by atoms with van der Waals surface area (Å²) < 4.78 is 0.520. The monoisotopic (exact) mass is 341 g/mol. The summed E-state index contributed by atoms with van der Waals surface area (Å²) in [6.07, 6.45) is 1.92. The molecule has 1 fully saturated rings. The van der Waals surface area contributed by atoms with E-state index in [9.17, 15) is 14.9 Å². The molecular formula is C13H16BrN3O3. The minimum Gasteiger partial charge on any atom is -0.348 e. The van der Waals surface area contributed by atoms with Gasteiger partial charge in [0.1, 0.15) is 0 Å². The minimum absolute atomic E-state index is 0.0503. The molecular weight excluding hydrogens is 326 g/mol. The van der Waals surface area contributed by atoms with Crippen molar-refractivity contribution in [1.82, 2.24) is 10.6 Å². The Morgan fingerprint density at radius 3 is 2.90 bits per heavy atom. The number of nitrogens with zero attached hydrogens (tertiary/aromatic N) is 1. The molecule has 108 valence electrons. The summed E-state index contributed by atoms with van der Waals surface area (Å²) in [5.74, 6) is -0.282. The van der Waals surface area contributed by atoms with Gasteiger partial charge < -0.3 is 10.6 Å². The van der Waals surface area contributed by atoms with Crippen LogP contribution in [-0.4, -0.2) is 29.5 Å². The fourth-order valence-electron chi connectivity index (χ4n) is 2.30. The normalized spacial score (nSPS) is 22.3. The van der Waals surface area contributed by atoms with Crippen molar-refractivity contribution in [3.05, 3.63) is 38.3 Å². The van der Waals surface area contributed by atoms with Crippen LogP contribution in [0.3, 0.4) is 0 Å². The Balaban J connectivity index is 2.14. The first-order valence-corrected chi connectivity index (χ1v) is 7.26. The van der Waals surface area contributed by atoms with Crippen LogP contribution in [0.2, 0.25) is 0 Å². The molecule has 6 nitrogen and oxygen atoms in total. The van der Waals surface area contributed by atoms with Gasteiger partial charge in [0.2, 0.25) is 0 Å². The molecule has 0 radical (unpaired) electrons. The molecule has 0 saturated carbocycles. The molecule has 1 aromatic rings. The first-order chi connectivity index (χ1) is 9.47. The van der Waals surface area contributed by atoms with E-state index in [0.717, 1.165) is 19.4 Å². The lowest BCUT2D eigenvalue weighted by Crippen LogP contribution is -2.51. The third-order valence-corrected chi connectivity index (χ3v) is 3.89. The van der Waals surface area contributed by atoms with E-state index in [4.69, 9.17) is 0 Å². The molecule has 1 aliphatic heterocycles. The molecule has 0 aromatic heterocycles. The van der Waals surface area contributed by atoms with E-state index >= 15 is 0 Å². The highest BCUT2D eigenvalue weighted by Gasteiger charge is 2.23. The average molecular weight is 342 g/mol. The van der Waals surface area contributed by atoms with Crippen LogP contribution in [0.5, 0.6) is 0 Å². The van der Waals surface area contributed by atoms with Crippen LogP contribution in [0.25, 0.3) is 0 Å². The maximum atomic E-state index is 12.2. The van der Waals surface area contributed by atoms with Crippen molar-refractivity contribution in [2.24, 2.45) is 0 Å². The summed E-state index contributed by atoms with van der Waals surface area (Å²) in [4.78, 5) is 22.5. The summed E-state index contributed by atoms with van der Waals surface area (Å²) in [5, 5.41) is 17.0. The topological polar surface area (TPSA) is 84.3 Å². The van der Waals surface area contributed by atoms with Gasteiger partial charge >= 0.3 is 0 Å². The van der Waals surface area contributed by atoms with Gasteiger partial charge in [-0.15, -0.1) is 0 Å². The molecule has 0 bridgehead atoms. The van der Waals surface area contributed by atoms with Crippen LogP contribution in [0.4, 0.5) is 5.69 Å². The first-order valence-electron chi connectivity index (χ1n) is 6.46. The Labute approximate surface area is 125 Å². The van der Waals surface area contributed by atoms with Crippen LogP contribution in [-0.2, 0) is 0 Å². The lowest BCUT2D eigenvalue weighted by atomic mass is 9.99. The Morgan fingerprint density at radius 1 is 1.50 bits per heavy atom. The molecule has 1 saturated heterocycles. The van der Waals surface area contributed by atoms with Crippen molar-refractivity contribution >= 4 is 27.5 Å². The summed E-state index contributed by atoms with van der Waals surface area (Å²) in [6, 6.07) is 4.51. The zero-order valence-corrected chi connectivity index (χ0v) is 12.6. The van der Waals surface area contributed by atoms with Crippen LogP contribution < -0.4 is 10.6 Å². The average Bonchev–Trinajstić information content (AvgIpc) is 2.40. The third-order valence-electron chi connectivity index (χ3n) is 3.43. The molecule has 1 heterocycles. The van der Waals surface area contributed by atoms with Gasteiger partial charge in [0, 0.05) is 34.3 Å². The Morgan fingerprint density at radius 2 is 2.25 bits per heavy atom. The molecule has 7 heteroatoms. The van der Waals surface area contributed by atoms with Gasteiger partial charge in [-0.05, 0) is 32.4 Å². The van der Waals surface area contributed by atoms with E-state index in [1.54, 1.807) is 6.07 Å². The van der Waals surface area contributed by atoms with Crippen molar-refractivity contribution in [3.8, 4) is 0 Å². The van der Waals surface area contributed by atoms with E-state index < -0.39 is 4.92 Å².